The van der Waals surface area contributed by atoms with Crippen molar-refractivity contribution in [3.63, 3.8) is 0 Å². The first-order valence-corrected chi connectivity index (χ1v) is 8.75. The Balaban J connectivity index is 3.16. The van der Waals surface area contributed by atoms with Gasteiger partial charge in [-0.3, -0.25) is 4.79 Å². The normalized spacial score (nSPS) is 12.0. The smallest absolute Gasteiger partial charge is 0.254 e. The molecular weight excluding hydrogens is 307 g/mol. The first-order chi connectivity index (χ1) is 10.2. The predicted octanol–water partition coefficient (Wildman–Crippen LogP) is 2.24. The van der Waals surface area contributed by atoms with Gasteiger partial charge in [0.1, 0.15) is 5.82 Å². The van der Waals surface area contributed by atoms with E-state index in [1.54, 1.807) is 13.8 Å². The van der Waals surface area contributed by atoms with Crippen molar-refractivity contribution in [2.75, 3.05) is 19.6 Å². The molecule has 0 aliphatic rings. The molecule has 1 amide bonds. The fourth-order valence-electron chi connectivity index (χ4n) is 1.94. The summed E-state index contributed by atoms with van der Waals surface area (Å²) in [6.45, 7) is 8.29. The zero-order valence-electron chi connectivity index (χ0n) is 13.4. The lowest BCUT2D eigenvalue weighted by molar-refractivity contribution is 0.0944. The van der Waals surface area contributed by atoms with Crippen LogP contribution in [-0.2, 0) is 10.0 Å². The van der Waals surface area contributed by atoms with E-state index in [2.05, 4.69) is 5.32 Å². The molecule has 0 saturated heterocycles. The van der Waals surface area contributed by atoms with E-state index in [4.69, 9.17) is 0 Å². The molecule has 0 atom stereocenters. The minimum Gasteiger partial charge on any atom is -0.352 e. The van der Waals surface area contributed by atoms with E-state index in [1.807, 2.05) is 13.8 Å². The van der Waals surface area contributed by atoms with Gasteiger partial charge in [0.15, 0.2) is 0 Å². The molecule has 0 spiro atoms. The largest absolute Gasteiger partial charge is 0.352 e. The second-order valence-corrected chi connectivity index (χ2v) is 7.27. The van der Waals surface area contributed by atoms with E-state index in [0.29, 0.717) is 19.6 Å². The maximum absolute atomic E-state index is 13.8. The third-order valence-electron chi connectivity index (χ3n) is 3.20. The van der Waals surface area contributed by atoms with Crippen molar-refractivity contribution in [2.45, 2.75) is 32.6 Å². The number of carbonyl (C=O) groups is 1. The van der Waals surface area contributed by atoms with E-state index in [9.17, 15) is 17.6 Å². The quantitative estimate of drug-likeness (QED) is 0.834. The summed E-state index contributed by atoms with van der Waals surface area (Å²) < 4.78 is 39.9. The molecule has 124 valence electrons. The van der Waals surface area contributed by atoms with Gasteiger partial charge in [-0.2, -0.15) is 4.31 Å². The molecule has 0 unspecified atom stereocenters. The van der Waals surface area contributed by atoms with Gasteiger partial charge in [-0.25, -0.2) is 12.8 Å². The molecule has 0 heterocycles. The highest BCUT2D eigenvalue weighted by Crippen LogP contribution is 2.19. The number of amides is 1. The van der Waals surface area contributed by atoms with Crippen LogP contribution in [0.25, 0.3) is 0 Å². The summed E-state index contributed by atoms with van der Waals surface area (Å²) in [6, 6.07) is 3.29. The lowest BCUT2D eigenvalue weighted by Crippen LogP contribution is -2.31. The number of hydrogen-bond acceptors (Lipinski definition) is 3. The third-order valence-corrected chi connectivity index (χ3v) is 5.24. The van der Waals surface area contributed by atoms with Crippen molar-refractivity contribution < 1.29 is 17.6 Å². The molecule has 22 heavy (non-hydrogen) atoms. The monoisotopic (exact) mass is 330 g/mol. The minimum absolute atomic E-state index is 0.0766. The van der Waals surface area contributed by atoms with Gasteiger partial charge < -0.3 is 5.32 Å². The molecule has 0 aliphatic carbocycles. The van der Waals surface area contributed by atoms with Crippen molar-refractivity contribution in [1.29, 1.82) is 0 Å². The Labute approximate surface area is 131 Å². The van der Waals surface area contributed by atoms with Gasteiger partial charge in [0.2, 0.25) is 10.0 Å². The average molecular weight is 330 g/mol. The predicted molar refractivity (Wildman–Crippen MR) is 83.7 cm³/mol. The maximum Gasteiger partial charge on any atom is 0.254 e. The van der Waals surface area contributed by atoms with Crippen LogP contribution in [0.3, 0.4) is 0 Å². The highest BCUT2D eigenvalue weighted by molar-refractivity contribution is 7.89. The Hall–Kier alpha value is -1.47. The number of nitrogens with zero attached hydrogens (tertiary/aromatic N) is 1. The fourth-order valence-corrected chi connectivity index (χ4v) is 3.43. The van der Waals surface area contributed by atoms with E-state index in [1.165, 1.54) is 10.4 Å². The first-order valence-electron chi connectivity index (χ1n) is 7.31. The second kappa shape index (κ2) is 7.69. The number of carbonyl (C=O) groups excluding carboxylic acids is 1. The summed E-state index contributed by atoms with van der Waals surface area (Å²) in [5.41, 5.74) is -0.256. The van der Waals surface area contributed by atoms with Crippen LogP contribution in [0.2, 0.25) is 0 Å². The van der Waals surface area contributed by atoms with Crippen LogP contribution >= 0.6 is 0 Å². The third kappa shape index (κ3) is 4.27. The van der Waals surface area contributed by atoms with Crippen molar-refractivity contribution in [3.05, 3.63) is 29.6 Å². The van der Waals surface area contributed by atoms with E-state index < -0.39 is 21.7 Å². The summed E-state index contributed by atoms with van der Waals surface area (Å²) in [6.07, 6.45) is 0. The molecule has 1 N–H and O–H groups in total. The van der Waals surface area contributed by atoms with Crippen LogP contribution in [-0.4, -0.2) is 38.3 Å². The first kappa shape index (κ1) is 18.6. The standard InChI is InChI=1S/C15H23FN2O3S/c1-5-18(6-2)22(20,21)12-7-8-14(16)13(9-12)15(19)17-10-11(3)4/h7-9,11H,5-6,10H2,1-4H3,(H,17,19). The summed E-state index contributed by atoms with van der Waals surface area (Å²) in [5.74, 6) is -1.13. The minimum atomic E-state index is -3.72. The molecule has 0 radical (unpaired) electrons. The maximum atomic E-state index is 13.8. The molecule has 0 fully saturated rings. The number of benzene rings is 1. The molecule has 0 aliphatic heterocycles. The van der Waals surface area contributed by atoms with Crippen molar-refractivity contribution >= 4 is 15.9 Å². The van der Waals surface area contributed by atoms with Crippen LogP contribution in [0.4, 0.5) is 4.39 Å². The van der Waals surface area contributed by atoms with Gasteiger partial charge in [-0.1, -0.05) is 27.7 Å². The molecule has 1 aromatic carbocycles. The molecular formula is C15H23FN2O3S. The Morgan fingerprint density at radius 1 is 1.27 bits per heavy atom. The molecule has 0 bridgehead atoms. The highest BCUT2D eigenvalue weighted by atomic mass is 32.2. The Morgan fingerprint density at radius 2 is 1.86 bits per heavy atom. The van der Waals surface area contributed by atoms with Gasteiger partial charge in [-0.15, -0.1) is 0 Å². The molecule has 0 saturated carbocycles. The fraction of sp³-hybridized carbons (Fsp3) is 0.533. The van der Waals surface area contributed by atoms with E-state index >= 15 is 0 Å². The second-order valence-electron chi connectivity index (χ2n) is 5.33. The Bertz CT molecular complexity index is 626. The lowest BCUT2D eigenvalue weighted by atomic mass is 10.2. The lowest BCUT2D eigenvalue weighted by Gasteiger charge is -2.19. The average Bonchev–Trinajstić information content (AvgIpc) is 2.45. The van der Waals surface area contributed by atoms with Gasteiger partial charge in [-0.05, 0) is 24.1 Å². The number of nitrogens with one attached hydrogen (secondary N) is 1. The number of rotatable bonds is 7. The van der Waals surface area contributed by atoms with Crippen LogP contribution in [0, 0.1) is 11.7 Å². The molecule has 1 rings (SSSR count). The van der Waals surface area contributed by atoms with Gasteiger partial charge in [0.05, 0.1) is 10.5 Å². The van der Waals surface area contributed by atoms with Crippen molar-refractivity contribution in [2.24, 2.45) is 5.92 Å². The van der Waals surface area contributed by atoms with Crippen molar-refractivity contribution in [3.8, 4) is 0 Å². The van der Waals surface area contributed by atoms with Crippen LogP contribution in [0.15, 0.2) is 23.1 Å². The molecule has 1 aromatic rings. The molecule has 0 aromatic heterocycles. The van der Waals surface area contributed by atoms with Crippen LogP contribution < -0.4 is 5.32 Å². The van der Waals surface area contributed by atoms with Crippen molar-refractivity contribution in [1.82, 2.24) is 9.62 Å². The van der Waals surface area contributed by atoms with Gasteiger partial charge in [0, 0.05) is 19.6 Å². The van der Waals surface area contributed by atoms with Crippen LogP contribution in [0.5, 0.6) is 0 Å². The SMILES string of the molecule is CCN(CC)S(=O)(=O)c1ccc(F)c(C(=O)NCC(C)C)c1. The Morgan fingerprint density at radius 3 is 2.36 bits per heavy atom. The van der Waals surface area contributed by atoms with Gasteiger partial charge in [0.25, 0.3) is 5.91 Å². The summed E-state index contributed by atoms with van der Waals surface area (Å²) in [4.78, 5) is 11.9. The van der Waals surface area contributed by atoms with Crippen LogP contribution in [0.1, 0.15) is 38.1 Å². The van der Waals surface area contributed by atoms with E-state index in [0.717, 1.165) is 12.1 Å². The molecule has 5 nitrogen and oxygen atoms in total. The summed E-state index contributed by atoms with van der Waals surface area (Å²) in [5, 5.41) is 2.59. The van der Waals surface area contributed by atoms with Gasteiger partial charge >= 0.3 is 0 Å². The number of halogens is 1. The number of hydrogen-bond donors (Lipinski definition) is 1. The zero-order valence-corrected chi connectivity index (χ0v) is 14.2. The summed E-state index contributed by atoms with van der Waals surface area (Å²) in [7, 11) is -3.72. The highest BCUT2D eigenvalue weighted by Gasteiger charge is 2.24. The number of sulfonamides is 1. The summed E-state index contributed by atoms with van der Waals surface area (Å²) >= 11 is 0. The topological polar surface area (TPSA) is 66.5 Å². The van der Waals surface area contributed by atoms with E-state index in [-0.39, 0.29) is 16.4 Å². The molecule has 7 heteroatoms. The Kier molecular flexibility index (Phi) is 6.49. The zero-order chi connectivity index (χ0) is 16.9.